The van der Waals surface area contributed by atoms with Gasteiger partial charge in [-0.15, -0.1) is 0 Å². The van der Waals surface area contributed by atoms with E-state index < -0.39 is 0 Å². The fraction of sp³-hybridized carbons (Fsp3) is 0.412. The average molecular weight is 304 g/mol. The molecule has 0 fully saturated rings. The Balaban J connectivity index is 2.55. The molecule has 0 aliphatic heterocycles. The van der Waals surface area contributed by atoms with Crippen LogP contribution >= 0.6 is 11.6 Å². The van der Waals surface area contributed by atoms with Crippen LogP contribution in [0.25, 0.3) is 0 Å². The standard InChI is InChI=1S/C17H22ClN3/c1-11-8-7-9-13(10-11)21(6)15-12(2)14(18)19-16(20-15)17(3,4)5/h7-10H,1-6H3. The molecule has 21 heavy (non-hydrogen) atoms. The Hall–Kier alpha value is -1.61. The molecule has 0 saturated heterocycles. The van der Waals surface area contributed by atoms with E-state index >= 15 is 0 Å². The minimum absolute atomic E-state index is 0.139. The predicted octanol–water partition coefficient (Wildman–Crippen LogP) is 4.81. The Labute approximate surface area is 132 Å². The summed E-state index contributed by atoms with van der Waals surface area (Å²) in [5.41, 5.74) is 3.06. The summed E-state index contributed by atoms with van der Waals surface area (Å²) in [5.74, 6) is 1.61. The van der Waals surface area contributed by atoms with Crippen LogP contribution in [0, 0.1) is 13.8 Å². The number of aromatic nitrogens is 2. The van der Waals surface area contributed by atoms with Crippen molar-refractivity contribution in [2.45, 2.75) is 40.0 Å². The summed E-state index contributed by atoms with van der Waals surface area (Å²) in [5, 5.41) is 0.518. The monoisotopic (exact) mass is 303 g/mol. The lowest BCUT2D eigenvalue weighted by molar-refractivity contribution is 0.544. The van der Waals surface area contributed by atoms with Crippen molar-refractivity contribution >= 4 is 23.1 Å². The Morgan fingerprint density at radius 2 is 1.76 bits per heavy atom. The van der Waals surface area contributed by atoms with Crippen molar-refractivity contribution in [3.05, 3.63) is 46.4 Å². The van der Waals surface area contributed by atoms with Crippen LogP contribution in [0.2, 0.25) is 5.15 Å². The number of rotatable bonds is 2. The molecule has 112 valence electrons. The third-order valence-corrected chi connectivity index (χ3v) is 3.81. The highest BCUT2D eigenvalue weighted by atomic mass is 35.5. The zero-order valence-corrected chi connectivity index (χ0v) is 14.3. The van der Waals surface area contributed by atoms with E-state index in [9.17, 15) is 0 Å². The number of halogens is 1. The Kier molecular flexibility index (Phi) is 4.24. The van der Waals surface area contributed by atoms with Crippen molar-refractivity contribution < 1.29 is 0 Å². The minimum atomic E-state index is -0.139. The van der Waals surface area contributed by atoms with Crippen LogP contribution in [0.15, 0.2) is 24.3 Å². The van der Waals surface area contributed by atoms with Crippen molar-refractivity contribution in [2.75, 3.05) is 11.9 Å². The van der Waals surface area contributed by atoms with Crippen molar-refractivity contribution in [3.63, 3.8) is 0 Å². The van der Waals surface area contributed by atoms with Gasteiger partial charge in [-0.2, -0.15) is 0 Å². The predicted molar refractivity (Wildman–Crippen MR) is 89.7 cm³/mol. The van der Waals surface area contributed by atoms with E-state index in [2.05, 4.69) is 55.8 Å². The highest BCUT2D eigenvalue weighted by molar-refractivity contribution is 6.30. The van der Waals surface area contributed by atoms with Crippen molar-refractivity contribution in [2.24, 2.45) is 0 Å². The fourth-order valence-corrected chi connectivity index (χ4v) is 2.26. The molecule has 1 heterocycles. The van der Waals surface area contributed by atoms with Crippen LogP contribution in [0.4, 0.5) is 11.5 Å². The van der Waals surface area contributed by atoms with Crippen LogP contribution < -0.4 is 4.90 Å². The lowest BCUT2D eigenvalue weighted by Gasteiger charge is -2.24. The van der Waals surface area contributed by atoms with Crippen molar-refractivity contribution in [1.29, 1.82) is 0 Å². The molecule has 0 aliphatic rings. The van der Waals surface area contributed by atoms with Gasteiger partial charge in [0.05, 0.1) is 0 Å². The normalized spacial score (nSPS) is 11.6. The van der Waals surface area contributed by atoms with Crippen LogP contribution in [0.1, 0.15) is 37.7 Å². The molecule has 0 spiro atoms. The average Bonchev–Trinajstić information content (AvgIpc) is 2.39. The summed E-state index contributed by atoms with van der Waals surface area (Å²) in [4.78, 5) is 11.2. The van der Waals surface area contributed by atoms with Gasteiger partial charge in [0.2, 0.25) is 0 Å². The molecule has 0 amide bonds. The van der Waals surface area contributed by atoms with Crippen LogP contribution in [-0.4, -0.2) is 17.0 Å². The van der Waals surface area contributed by atoms with Gasteiger partial charge < -0.3 is 4.90 Å². The largest absolute Gasteiger partial charge is 0.329 e. The van der Waals surface area contributed by atoms with E-state index in [1.54, 1.807) is 0 Å². The highest BCUT2D eigenvalue weighted by Gasteiger charge is 2.22. The van der Waals surface area contributed by atoms with E-state index in [1.165, 1.54) is 5.56 Å². The van der Waals surface area contributed by atoms with E-state index in [0.29, 0.717) is 5.15 Å². The SMILES string of the molecule is Cc1cccc(N(C)c2nc(C(C)(C)C)nc(Cl)c2C)c1. The summed E-state index contributed by atoms with van der Waals surface area (Å²) in [6, 6.07) is 8.33. The molecule has 0 N–H and O–H groups in total. The maximum Gasteiger partial charge on any atom is 0.140 e. The quantitative estimate of drug-likeness (QED) is 0.745. The number of aryl methyl sites for hydroxylation is 1. The topological polar surface area (TPSA) is 29.0 Å². The van der Waals surface area contributed by atoms with Gasteiger partial charge in [0.15, 0.2) is 0 Å². The number of anilines is 2. The molecule has 0 aliphatic carbocycles. The fourth-order valence-electron chi connectivity index (χ4n) is 2.10. The first kappa shape index (κ1) is 15.8. The van der Waals surface area contributed by atoms with Gasteiger partial charge in [-0.25, -0.2) is 9.97 Å². The zero-order valence-electron chi connectivity index (χ0n) is 13.5. The summed E-state index contributed by atoms with van der Waals surface area (Å²) < 4.78 is 0. The molecular weight excluding hydrogens is 282 g/mol. The van der Waals surface area contributed by atoms with Gasteiger partial charge in [0, 0.05) is 23.7 Å². The smallest absolute Gasteiger partial charge is 0.140 e. The second-order valence-corrected chi connectivity index (χ2v) is 6.79. The minimum Gasteiger partial charge on any atom is -0.329 e. The molecule has 2 aromatic rings. The van der Waals surface area contributed by atoms with Crippen molar-refractivity contribution in [3.8, 4) is 0 Å². The molecule has 4 heteroatoms. The van der Waals surface area contributed by atoms with Crippen LogP contribution in [0.3, 0.4) is 0 Å². The summed E-state index contributed by atoms with van der Waals surface area (Å²) in [6.07, 6.45) is 0. The highest BCUT2D eigenvalue weighted by Crippen LogP contribution is 2.31. The maximum atomic E-state index is 6.31. The van der Waals surface area contributed by atoms with Gasteiger partial charge >= 0.3 is 0 Å². The van der Waals surface area contributed by atoms with Gasteiger partial charge in [-0.1, -0.05) is 44.5 Å². The maximum absolute atomic E-state index is 6.31. The first-order valence-electron chi connectivity index (χ1n) is 7.05. The second kappa shape index (κ2) is 5.64. The molecule has 1 aromatic heterocycles. The summed E-state index contributed by atoms with van der Waals surface area (Å²) >= 11 is 6.31. The molecule has 0 bridgehead atoms. The van der Waals surface area contributed by atoms with Crippen molar-refractivity contribution in [1.82, 2.24) is 9.97 Å². The molecule has 2 rings (SSSR count). The number of hydrogen-bond donors (Lipinski definition) is 0. The molecule has 1 aromatic carbocycles. The first-order chi connectivity index (χ1) is 9.70. The molecular formula is C17H22ClN3. The van der Waals surface area contributed by atoms with Gasteiger partial charge in [-0.05, 0) is 31.5 Å². The van der Waals surface area contributed by atoms with Gasteiger partial charge in [-0.3, -0.25) is 0 Å². The third kappa shape index (κ3) is 3.35. The molecule has 0 atom stereocenters. The Bertz CT molecular complexity index is 660. The molecule has 0 saturated carbocycles. The number of nitrogens with zero attached hydrogens (tertiary/aromatic N) is 3. The lowest BCUT2D eigenvalue weighted by Crippen LogP contribution is -2.21. The van der Waals surface area contributed by atoms with Crippen LogP contribution in [-0.2, 0) is 5.41 Å². The number of benzene rings is 1. The lowest BCUT2D eigenvalue weighted by atomic mass is 9.95. The summed E-state index contributed by atoms with van der Waals surface area (Å²) in [6.45, 7) is 10.3. The molecule has 0 unspecified atom stereocenters. The Morgan fingerprint density at radius 1 is 1.10 bits per heavy atom. The first-order valence-corrected chi connectivity index (χ1v) is 7.43. The van der Waals surface area contributed by atoms with E-state index in [-0.39, 0.29) is 5.41 Å². The van der Waals surface area contributed by atoms with E-state index in [4.69, 9.17) is 16.6 Å². The van der Waals surface area contributed by atoms with E-state index in [0.717, 1.165) is 22.9 Å². The zero-order chi connectivity index (χ0) is 15.8. The van der Waals surface area contributed by atoms with E-state index in [1.807, 2.05) is 20.0 Å². The van der Waals surface area contributed by atoms with Crippen LogP contribution in [0.5, 0.6) is 0 Å². The summed E-state index contributed by atoms with van der Waals surface area (Å²) in [7, 11) is 2.01. The second-order valence-electron chi connectivity index (χ2n) is 6.43. The number of hydrogen-bond acceptors (Lipinski definition) is 3. The van der Waals surface area contributed by atoms with Gasteiger partial charge in [0.25, 0.3) is 0 Å². The van der Waals surface area contributed by atoms with Gasteiger partial charge in [0.1, 0.15) is 16.8 Å². The molecule has 3 nitrogen and oxygen atoms in total. The molecule has 0 radical (unpaired) electrons. The Morgan fingerprint density at radius 3 is 2.33 bits per heavy atom. The third-order valence-electron chi connectivity index (χ3n) is 3.44.